The van der Waals surface area contributed by atoms with Gasteiger partial charge in [-0.2, -0.15) is 0 Å². The molecule has 0 bridgehead atoms. The highest BCUT2D eigenvalue weighted by atomic mass is 16.4. The van der Waals surface area contributed by atoms with Crippen molar-refractivity contribution in [2.45, 2.75) is 47.1 Å². The summed E-state index contributed by atoms with van der Waals surface area (Å²) in [7, 11) is 0. The number of aliphatic imine (C=N–C) groups is 1. The van der Waals surface area contributed by atoms with Gasteiger partial charge in [0.1, 0.15) is 0 Å². The van der Waals surface area contributed by atoms with Crippen molar-refractivity contribution < 1.29 is 9.90 Å². The van der Waals surface area contributed by atoms with Crippen LogP contribution < -0.4 is 4.90 Å². The van der Waals surface area contributed by atoms with Gasteiger partial charge in [0.05, 0.1) is 16.8 Å². The van der Waals surface area contributed by atoms with Crippen LogP contribution >= 0.6 is 0 Å². The number of carboxylic acid groups (broad SMARTS) is 1. The van der Waals surface area contributed by atoms with Gasteiger partial charge in [0.15, 0.2) is 0 Å². The summed E-state index contributed by atoms with van der Waals surface area (Å²) in [4.78, 5) is 18.2. The van der Waals surface area contributed by atoms with Crippen LogP contribution in [0, 0.1) is 13.8 Å². The van der Waals surface area contributed by atoms with Gasteiger partial charge in [-0.1, -0.05) is 6.08 Å². The van der Waals surface area contributed by atoms with Crippen LogP contribution in [0.1, 0.15) is 60.3 Å². The van der Waals surface area contributed by atoms with E-state index >= 15 is 0 Å². The third kappa shape index (κ3) is 3.59. The Morgan fingerprint density at radius 1 is 1.14 bits per heavy atom. The molecular weight excluding hydrogens is 348 g/mol. The summed E-state index contributed by atoms with van der Waals surface area (Å²) in [5.41, 5.74) is 7.94. The van der Waals surface area contributed by atoms with Gasteiger partial charge in [-0.15, -0.1) is 0 Å². The molecule has 0 saturated carbocycles. The normalized spacial score (nSPS) is 15.5. The molecule has 0 amide bonds. The standard InChI is InChI=1S/C24H28N2O2/c1-7-26-22-11-15(2)19(12-20(22)17(4)13-24(26,5)6)14-25-21-9-8-18(23(27)28)10-16(21)3/h8-14H,7H2,1-6H3,(H,27,28). The molecule has 2 aromatic carbocycles. The van der Waals surface area contributed by atoms with Crippen molar-refractivity contribution in [2.75, 3.05) is 11.4 Å². The number of rotatable bonds is 4. The fourth-order valence-electron chi connectivity index (χ4n) is 4.03. The Balaban J connectivity index is 2.00. The van der Waals surface area contributed by atoms with Gasteiger partial charge in [-0.05, 0) is 94.1 Å². The van der Waals surface area contributed by atoms with Crippen molar-refractivity contribution in [3.8, 4) is 0 Å². The second-order valence-corrected chi connectivity index (χ2v) is 8.02. The Morgan fingerprint density at radius 2 is 1.86 bits per heavy atom. The molecule has 4 nitrogen and oxygen atoms in total. The molecule has 1 heterocycles. The summed E-state index contributed by atoms with van der Waals surface area (Å²) in [6, 6.07) is 9.46. The van der Waals surface area contributed by atoms with E-state index in [4.69, 9.17) is 5.11 Å². The molecule has 3 rings (SSSR count). The van der Waals surface area contributed by atoms with Crippen molar-refractivity contribution in [1.29, 1.82) is 0 Å². The van der Waals surface area contributed by atoms with E-state index in [1.807, 2.05) is 13.1 Å². The van der Waals surface area contributed by atoms with Crippen molar-refractivity contribution in [1.82, 2.24) is 0 Å². The highest BCUT2D eigenvalue weighted by Gasteiger charge is 2.30. The number of hydrogen-bond acceptors (Lipinski definition) is 3. The van der Waals surface area contributed by atoms with Gasteiger partial charge >= 0.3 is 5.97 Å². The summed E-state index contributed by atoms with van der Waals surface area (Å²) < 4.78 is 0. The quantitative estimate of drug-likeness (QED) is 0.689. The maximum Gasteiger partial charge on any atom is 0.335 e. The number of allylic oxidation sites excluding steroid dienone is 1. The average Bonchev–Trinajstić information content (AvgIpc) is 2.60. The van der Waals surface area contributed by atoms with Crippen molar-refractivity contribution >= 4 is 29.1 Å². The number of carboxylic acids is 1. The summed E-state index contributed by atoms with van der Waals surface area (Å²) in [5, 5.41) is 9.11. The molecule has 1 N–H and O–H groups in total. The second kappa shape index (κ2) is 7.27. The third-order valence-electron chi connectivity index (χ3n) is 5.47. The van der Waals surface area contributed by atoms with Crippen LogP contribution in [0.4, 0.5) is 11.4 Å². The molecule has 0 saturated heterocycles. The molecule has 0 unspecified atom stereocenters. The zero-order chi connectivity index (χ0) is 20.6. The lowest BCUT2D eigenvalue weighted by atomic mass is 9.87. The van der Waals surface area contributed by atoms with Crippen molar-refractivity contribution in [3.63, 3.8) is 0 Å². The molecule has 0 aliphatic carbocycles. The third-order valence-corrected chi connectivity index (χ3v) is 5.47. The van der Waals surface area contributed by atoms with E-state index in [0.29, 0.717) is 0 Å². The van der Waals surface area contributed by atoms with Gasteiger partial charge in [-0.3, -0.25) is 4.99 Å². The minimum Gasteiger partial charge on any atom is -0.478 e. The molecule has 1 aliphatic rings. The van der Waals surface area contributed by atoms with Gasteiger partial charge < -0.3 is 10.0 Å². The van der Waals surface area contributed by atoms with Crippen LogP contribution in [0.15, 0.2) is 41.4 Å². The Bertz CT molecular complexity index is 1000. The SMILES string of the molecule is CCN1c2cc(C)c(C=Nc3ccc(C(=O)O)cc3C)cc2C(C)=CC1(C)C. The Kier molecular flexibility index (Phi) is 5.16. The number of benzene rings is 2. The zero-order valence-corrected chi connectivity index (χ0v) is 17.5. The minimum absolute atomic E-state index is 0.00310. The van der Waals surface area contributed by atoms with E-state index in [1.54, 1.807) is 18.2 Å². The maximum atomic E-state index is 11.1. The van der Waals surface area contributed by atoms with Crippen LogP contribution in [0.3, 0.4) is 0 Å². The predicted molar refractivity (Wildman–Crippen MR) is 117 cm³/mol. The number of carbonyl (C=O) groups is 1. The minimum atomic E-state index is -0.921. The Hall–Kier alpha value is -2.88. The van der Waals surface area contributed by atoms with Crippen molar-refractivity contribution in [2.24, 2.45) is 4.99 Å². The van der Waals surface area contributed by atoms with E-state index in [-0.39, 0.29) is 11.1 Å². The van der Waals surface area contributed by atoms with E-state index in [9.17, 15) is 4.79 Å². The number of hydrogen-bond donors (Lipinski definition) is 1. The zero-order valence-electron chi connectivity index (χ0n) is 17.5. The predicted octanol–water partition coefficient (Wildman–Crippen LogP) is 5.77. The highest BCUT2D eigenvalue weighted by Crippen LogP contribution is 2.40. The number of nitrogens with zero attached hydrogens (tertiary/aromatic N) is 2. The van der Waals surface area contributed by atoms with Gasteiger partial charge in [-0.25, -0.2) is 4.79 Å². The fraction of sp³-hybridized carbons (Fsp3) is 0.333. The molecule has 1 aliphatic heterocycles. The number of aryl methyl sites for hydroxylation is 2. The molecule has 28 heavy (non-hydrogen) atoms. The topological polar surface area (TPSA) is 52.9 Å². The lowest BCUT2D eigenvalue weighted by molar-refractivity contribution is 0.0697. The van der Waals surface area contributed by atoms with Crippen molar-refractivity contribution in [3.05, 3.63) is 64.2 Å². The van der Waals surface area contributed by atoms with Crippen LogP contribution in [0.25, 0.3) is 5.57 Å². The monoisotopic (exact) mass is 376 g/mol. The highest BCUT2D eigenvalue weighted by molar-refractivity contribution is 5.91. The Labute approximate surface area is 167 Å². The summed E-state index contributed by atoms with van der Waals surface area (Å²) in [6.07, 6.45) is 4.20. The molecule has 2 aromatic rings. The maximum absolute atomic E-state index is 11.1. The average molecular weight is 377 g/mol. The Morgan fingerprint density at radius 3 is 2.46 bits per heavy atom. The first-order chi connectivity index (χ1) is 13.1. The largest absolute Gasteiger partial charge is 0.478 e. The molecule has 0 fully saturated rings. The van der Waals surface area contributed by atoms with Crippen LogP contribution in [-0.4, -0.2) is 29.4 Å². The van der Waals surface area contributed by atoms with Gasteiger partial charge in [0, 0.05) is 24.0 Å². The van der Waals surface area contributed by atoms with E-state index in [0.717, 1.165) is 23.4 Å². The first-order valence-electron chi connectivity index (χ1n) is 9.64. The van der Waals surface area contributed by atoms with Crippen LogP contribution in [0.5, 0.6) is 0 Å². The number of aromatic carboxylic acids is 1. The van der Waals surface area contributed by atoms with E-state index in [2.05, 4.69) is 62.7 Å². The smallest absolute Gasteiger partial charge is 0.335 e. The van der Waals surface area contributed by atoms with Gasteiger partial charge in [0.25, 0.3) is 0 Å². The molecule has 0 aromatic heterocycles. The van der Waals surface area contributed by atoms with Gasteiger partial charge in [0.2, 0.25) is 0 Å². The summed E-state index contributed by atoms with van der Waals surface area (Å²) in [5.74, 6) is -0.921. The summed E-state index contributed by atoms with van der Waals surface area (Å²) >= 11 is 0. The fourth-order valence-corrected chi connectivity index (χ4v) is 4.03. The summed E-state index contributed by atoms with van der Waals surface area (Å²) in [6.45, 7) is 13.8. The molecular formula is C24H28N2O2. The lowest BCUT2D eigenvalue weighted by Crippen LogP contribution is -2.45. The number of fused-ring (bicyclic) bond motifs is 1. The molecule has 0 atom stereocenters. The van der Waals surface area contributed by atoms with Crippen LogP contribution in [-0.2, 0) is 0 Å². The van der Waals surface area contributed by atoms with E-state index in [1.165, 1.54) is 22.4 Å². The number of likely N-dealkylation sites (N-methyl/N-ethyl adjacent to an activating group) is 1. The molecule has 4 heteroatoms. The first kappa shape index (κ1) is 19.9. The molecule has 146 valence electrons. The van der Waals surface area contributed by atoms with Crippen LogP contribution in [0.2, 0.25) is 0 Å². The lowest BCUT2D eigenvalue weighted by Gasteiger charge is -2.43. The van der Waals surface area contributed by atoms with E-state index < -0.39 is 5.97 Å². The first-order valence-corrected chi connectivity index (χ1v) is 9.64. The second-order valence-electron chi connectivity index (χ2n) is 8.02. The number of anilines is 1. The molecule has 0 radical (unpaired) electrons. The molecule has 0 spiro atoms.